The number of rotatable bonds is 2. The summed E-state index contributed by atoms with van der Waals surface area (Å²) in [7, 11) is -2.86. The van der Waals surface area contributed by atoms with Crippen LogP contribution < -0.4 is 0 Å². The molecule has 0 aliphatic rings. The molecule has 78 valence electrons. The Balaban J connectivity index is -0.000000403. The first-order valence-electron chi connectivity index (χ1n) is 3.17. The van der Waals surface area contributed by atoms with Crippen LogP contribution in [0.15, 0.2) is 30.3 Å². The maximum absolute atomic E-state index is 10.4. The Morgan fingerprint density at radius 3 is 2.00 bits per heavy atom. The van der Waals surface area contributed by atoms with Gasteiger partial charge in [-0.2, -0.15) is 0 Å². The van der Waals surface area contributed by atoms with Crippen LogP contribution in [-0.2, 0) is 4.57 Å². The second-order valence-corrected chi connectivity index (χ2v) is 3.37. The summed E-state index contributed by atoms with van der Waals surface area (Å²) in [5.74, 6) is -1.22. The van der Waals surface area contributed by atoms with Crippen molar-refractivity contribution in [2.24, 2.45) is 0 Å². The monoisotopic (exact) mass is 392 g/mol. The summed E-state index contributed by atoms with van der Waals surface area (Å²) in [6.45, 7) is 0. The van der Waals surface area contributed by atoms with Gasteiger partial charge in [0.15, 0.2) is 23.2 Å². The maximum atomic E-state index is 10.4. The molecular formula is C7H18AlGaInO3P. The molecule has 0 amide bonds. The molecule has 2 atom stereocenters. The van der Waals surface area contributed by atoms with Crippen molar-refractivity contribution < 1.29 is 14.6 Å². The molecule has 0 bridgehead atoms. The third-order valence-corrected chi connectivity index (χ3v) is 2.15. The minimum absolute atomic E-state index is 0. The van der Waals surface area contributed by atoms with Gasteiger partial charge in [0, 0.05) is 0 Å². The van der Waals surface area contributed by atoms with E-state index in [2.05, 4.69) is 0 Å². The number of benzene rings is 1. The Kier molecular flexibility index (Phi) is 16.2. The Hall–Kier alpha value is 1.41. The zero-order valence-corrected chi connectivity index (χ0v) is 6.77. The fraction of sp³-hybridized carbons (Fsp3) is 0.143. The van der Waals surface area contributed by atoms with Crippen molar-refractivity contribution in [1.29, 1.82) is 0 Å². The number of aliphatic hydroxyl groups is 1. The molecule has 0 aliphatic heterocycles. The van der Waals surface area contributed by atoms with Gasteiger partial charge < -0.3 is 10.00 Å². The van der Waals surface area contributed by atoms with Crippen molar-refractivity contribution in [3.63, 3.8) is 0 Å². The van der Waals surface area contributed by atoms with Crippen LogP contribution in [0.3, 0.4) is 0 Å². The van der Waals surface area contributed by atoms with E-state index >= 15 is 0 Å². The van der Waals surface area contributed by atoms with Crippen LogP contribution in [-0.4, -0.2) is 73.0 Å². The molecule has 0 aliphatic carbocycles. The second kappa shape index (κ2) is 10.9. The number of hydrogen-bond acceptors (Lipinski definition) is 2. The molecule has 0 aromatic heterocycles. The van der Waals surface area contributed by atoms with E-state index in [0.717, 1.165) is 0 Å². The second-order valence-electron chi connectivity index (χ2n) is 2.15. The quantitative estimate of drug-likeness (QED) is 0.436. The van der Waals surface area contributed by atoms with Gasteiger partial charge in [-0.1, -0.05) is 30.3 Å². The van der Waals surface area contributed by atoms with Crippen molar-refractivity contribution in [2.75, 3.05) is 0 Å². The average molecular weight is 393 g/mol. The molecule has 1 aromatic rings. The summed E-state index contributed by atoms with van der Waals surface area (Å²) < 4.78 is 10.4. The van der Waals surface area contributed by atoms with E-state index in [1.54, 1.807) is 30.3 Å². The van der Waals surface area contributed by atoms with E-state index in [1.165, 1.54) is 0 Å². The van der Waals surface area contributed by atoms with Crippen molar-refractivity contribution in [1.82, 2.24) is 0 Å². The van der Waals surface area contributed by atoms with Gasteiger partial charge in [0.05, 0.1) is 0 Å². The average Bonchev–Trinajstić information content (AvgIpc) is 2.05. The molecule has 0 heterocycles. The van der Waals surface area contributed by atoms with E-state index in [9.17, 15) is 4.57 Å². The SMILES string of the molecule is O=[PH](O)C(O)c1ccccc1.[AlH3].[GaH3].[InH3]. The van der Waals surface area contributed by atoms with E-state index in [-0.39, 0.29) is 63.0 Å². The molecule has 14 heavy (non-hydrogen) atoms. The first-order valence-corrected chi connectivity index (χ1v) is 4.61. The topological polar surface area (TPSA) is 57.5 Å². The van der Waals surface area contributed by atoms with Gasteiger partial charge >= 0.3 is 45.6 Å². The predicted molar refractivity (Wildman–Crippen MR) is 72.4 cm³/mol. The summed E-state index contributed by atoms with van der Waals surface area (Å²) in [6.07, 6.45) is 0. The van der Waals surface area contributed by atoms with Gasteiger partial charge in [-0.15, -0.1) is 0 Å². The zero-order valence-electron chi connectivity index (χ0n) is 5.77. The van der Waals surface area contributed by atoms with Gasteiger partial charge in [-0.3, -0.25) is 4.57 Å². The molecule has 0 fully saturated rings. The van der Waals surface area contributed by atoms with Gasteiger partial charge in [0.25, 0.3) is 0 Å². The molecule has 3 nitrogen and oxygen atoms in total. The Morgan fingerprint density at radius 2 is 1.64 bits per heavy atom. The minimum atomic E-state index is -2.86. The molecule has 1 rings (SSSR count). The van der Waals surface area contributed by atoms with Crippen LogP contribution in [0.2, 0.25) is 0 Å². The Labute approximate surface area is 126 Å². The van der Waals surface area contributed by atoms with Crippen LogP contribution in [0.4, 0.5) is 0 Å². The Bertz CT molecular complexity index is 262. The summed E-state index contributed by atoms with van der Waals surface area (Å²) in [5, 5.41) is 9.08. The van der Waals surface area contributed by atoms with Gasteiger partial charge in [-0.25, -0.2) is 0 Å². The van der Waals surface area contributed by atoms with E-state index in [0.29, 0.717) is 5.56 Å². The van der Waals surface area contributed by atoms with Crippen molar-refractivity contribution in [3.8, 4) is 0 Å². The van der Waals surface area contributed by atoms with E-state index in [4.69, 9.17) is 10.00 Å². The molecule has 2 unspecified atom stereocenters. The molecule has 0 saturated heterocycles. The van der Waals surface area contributed by atoms with Gasteiger partial charge in [-0.05, 0) is 5.56 Å². The van der Waals surface area contributed by atoms with Crippen molar-refractivity contribution in [3.05, 3.63) is 35.9 Å². The molecule has 1 aromatic carbocycles. The zero-order chi connectivity index (χ0) is 8.27. The van der Waals surface area contributed by atoms with Crippen molar-refractivity contribution >= 4 is 71.0 Å². The van der Waals surface area contributed by atoms with E-state index < -0.39 is 13.9 Å². The molecular weight excluding hydrogens is 375 g/mol. The summed E-state index contributed by atoms with van der Waals surface area (Å²) in [5.41, 5.74) is 0.485. The fourth-order valence-corrected chi connectivity index (χ4v) is 1.26. The Morgan fingerprint density at radius 1 is 1.21 bits per heavy atom. The predicted octanol–water partition coefficient (Wildman–Crippen LogP) is -2.41. The van der Waals surface area contributed by atoms with Gasteiger partial charge in [0.1, 0.15) is 0 Å². The van der Waals surface area contributed by atoms with Crippen LogP contribution in [0.25, 0.3) is 0 Å². The van der Waals surface area contributed by atoms with Gasteiger partial charge in [0.2, 0.25) is 8.03 Å². The molecule has 0 saturated carbocycles. The van der Waals surface area contributed by atoms with Crippen LogP contribution in [0, 0.1) is 0 Å². The van der Waals surface area contributed by atoms with Crippen LogP contribution in [0.5, 0.6) is 0 Å². The first-order chi connectivity index (χ1) is 5.22. The van der Waals surface area contributed by atoms with E-state index in [1.807, 2.05) is 0 Å². The number of aliphatic hydroxyl groups excluding tert-OH is 1. The first kappa shape index (κ1) is 20.8. The third-order valence-electron chi connectivity index (χ3n) is 1.35. The van der Waals surface area contributed by atoms with Crippen molar-refractivity contribution in [2.45, 2.75) is 5.85 Å². The standard InChI is InChI=1S/C7H9O3P.Al.Ga.In.9H/c8-7(11(9)10)6-4-2-1-3-5-6;;;;;;;;;;;;/h1-5,7-8,11H,(H,9,10);;;;;;;;;;;;. The fourth-order valence-electron chi connectivity index (χ4n) is 0.778. The third kappa shape index (κ3) is 6.81. The normalized spacial score (nSPS) is 12.4. The molecule has 0 spiro atoms. The molecule has 7 heteroatoms. The molecule has 2 N–H and O–H groups in total. The molecule has 0 radical (unpaired) electrons. The summed E-state index contributed by atoms with van der Waals surface area (Å²) in [4.78, 5) is 8.57. The van der Waals surface area contributed by atoms with Crippen LogP contribution in [0.1, 0.15) is 11.4 Å². The number of hydrogen-bond donors (Lipinski definition) is 2. The summed E-state index contributed by atoms with van der Waals surface area (Å²) >= 11 is 0. The van der Waals surface area contributed by atoms with Crippen LogP contribution >= 0.6 is 8.03 Å². The summed E-state index contributed by atoms with van der Waals surface area (Å²) in [6, 6.07) is 8.43.